The van der Waals surface area contributed by atoms with Crippen molar-refractivity contribution in [1.29, 1.82) is 0 Å². The molecule has 1 fully saturated rings. The van der Waals surface area contributed by atoms with Crippen LogP contribution in [-0.2, 0) is 14.3 Å². The van der Waals surface area contributed by atoms with E-state index >= 15 is 0 Å². The van der Waals surface area contributed by atoms with E-state index in [1.165, 1.54) is 6.08 Å². The van der Waals surface area contributed by atoms with Gasteiger partial charge in [-0.2, -0.15) is 0 Å². The summed E-state index contributed by atoms with van der Waals surface area (Å²) in [4.78, 5) is 11.2. The average molecular weight is 184 g/mol. The van der Waals surface area contributed by atoms with Crippen LogP contribution >= 0.6 is 0 Å². The lowest BCUT2D eigenvalue weighted by molar-refractivity contribution is -0.148. The molecular weight excluding hydrogens is 168 g/mol. The Labute approximate surface area is 78.7 Å². The fourth-order valence-corrected chi connectivity index (χ4v) is 1.10. The second-order valence-electron chi connectivity index (χ2n) is 4.10. The molecule has 1 aliphatic rings. The van der Waals surface area contributed by atoms with Crippen molar-refractivity contribution in [2.75, 3.05) is 6.61 Å². The maximum absolute atomic E-state index is 11.2. The molecule has 13 heavy (non-hydrogen) atoms. The highest BCUT2D eigenvalue weighted by molar-refractivity contribution is 5.82. The summed E-state index contributed by atoms with van der Waals surface area (Å²) in [6.07, 6.45) is 3.28. The van der Waals surface area contributed by atoms with Crippen molar-refractivity contribution in [1.82, 2.24) is 0 Å². The third kappa shape index (κ3) is 3.97. The first-order valence-corrected chi connectivity index (χ1v) is 4.54. The van der Waals surface area contributed by atoms with Crippen molar-refractivity contribution in [3.8, 4) is 0 Å². The summed E-state index contributed by atoms with van der Waals surface area (Å²) in [5, 5.41) is 0. The first-order chi connectivity index (χ1) is 5.97. The van der Waals surface area contributed by atoms with Crippen molar-refractivity contribution >= 4 is 5.97 Å². The minimum Gasteiger partial charge on any atom is -0.498 e. The Morgan fingerprint density at radius 2 is 2.23 bits per heavy atom. The molecule has 0 aromatic rings. The largest absolute Gasteiger partial charge is 0.498 e. The van der Waals surface area contributed by atoms with E-state index in [0.717, 1.165) is 18.6 Å². The number of esters is 1. The lowest BCUT2D eigenvalue weighted by Crippen LogP contribution is -2.22. The molecule has 0 atom stereocenters. The van der Waals surface area contributed by atoms with Gasteiger partial charge in [-0.3, -0.25) is 0 Å². The maximum Gasteiger partial charge on any atom is 0.334 e. The predicted molar refractivity (Wildman–Crippen MR) is 49.1 cm³/mol. The first-order valence-electron chi connectivity index (χ1n) is 4.54. The molecule has 0 bridgehead atoms. The number of hydrogen-bond donors (Lipinski definition) is 0. The number of carbonyl (C=O) groups excluding carboxylic acids is 1. The van der Waals surface area contributed by atoms with Gasteiger partial charge >= 0.3 is 5.97 Å². The van der Waals surface area contributed by atoms with E-state index in [4.69, 9.17) is 9.47 Å². The van der Waals surface area contributed by atoms with Crippen LogP contribution in [0.5, 0.6) is 0 Å². The number of hydrogen-bond acceptors (Lipinski definition) is 3. The zero-order valence-corrected chi connectivity index (χ0v) is 8.42. The number of ether oxygens (including phenoxy) is 2. The van der Waals surface area contributed by atoms with Crippen LogP contribution in [0, 0.1) is 0 Å². The minimum absolute atomic E-state index is 0.315. The zero-order chi connectivity index (χ0) is 9.90. The Balaban J connectivity index is 2.45. The molecule has 0 saturated carbocycles. The van der Waals surface area contributed by atoms with Crippen molar-refractivity contribution in [2.24, 2.45) is 0 Å². The number of carbonyl (C=O) groups is 1. The van der Waals surface area contributed by atoms with Crippen molar-refractivity contribution in [2.45, 2.75) is 39.2 Å². The van der Waals surface area contributed by atoms with Gasteiger partial charge in [0.2, 0.25) is 0 Å². The molecule has 0 N–H and O–H groups in total. The molecule has 0 aromatic heterocycles. The summed E-state index contributed by atoms with van der Waals surface area (Å²) in [6, 6.07) is 0. The Morgan fingerprint density at radius 1 is 1.54 bits per heavy atom. The van der Waals surface area contributed by atoms with E-state index in [1.54, 1.807) is 0 Å². The second kappa shape index (κ2) is 3.81. The summed E-state index contributed by atoms with van der Waals surface area (Å²) in [5.74, 6) is 0.429. The molecule has 3 heteroatoms. The quantitative estimate of drug-likeness (QED) is 0.462. The van der Waals surface area contributed by atoms with Crippen molar-refractivity contribution in [3.63, 3.8) is 0 Å². The molecule has 1 saturated heterocycles. The Hall–Kier alpha value is -0.990. The third-order valence-corrected chi connectivity index (χ3v) is 1.54. The van der Waals surface area contributed by atoms with E-state index in [2.05, 4.69) is 0 Å². The fraction of sp³-hybridized carbons (Fsp3) is 0.700. The normalized spacial score (nSPS) is 20.1. The summed E-state index contributed by atoms with van der Waals surface area (Å²) in [7, 11) is 0. The fourth-order valence-electron chi connectivity index (χ4n) is 1.10. The third-order valence-electron chi connectivity index (χ3n) is 1.54. The molecular formula is C10H16O3. The molecule has 3 nitrogen and oxygen atoms in total. The van der Waals surface area contributed by atoms with Crippen LogP contribution in [0.4, 0.5) is 0 Å². The monoisotopic (exact) mass is 184 g/mol. The minimum atomic E-state index is -0.424. The average Bonchev–Trinajstić information content (AvgIpc) is 2.34. The van der Waals surface area contributed by atoms with Gasteiger partial charge in [-0.05, 0) is 27.2 Å². The lowest BCUT2D eigenvalue weighted by Gasteiger charge is -2.18. The van der Waals surface area contributed by atoms with Crippen LogP contribution in [0.2, 0.25) is 0 Å². The molecule has 1 heterocycles. The smallest absolute Gasteiger partial charge is 0.334 e. The Kier molecular flexibility index (Phi) is 2.96. The first kappa shape index (κ1) is 10.1. The summed E-state index contributed by atoms with van der Waals surface area (Å²) >= 11 is 0. The van der Waals surface area contributed by atoms with E-state index in [-0.39, 0.29) is 5.97 Å². The molecule has 0 unspecified atom stereocenters. The maximum atomic E-state index is 11.2. The van der Waals surface area contributed by atoms with Crippen LogP contribution in [-0.4, -0.2) is 18.2 Å². The van der Waals surface area contributed by atoms with Gasteiger partial charge in [-0.25, -0.2) is 4.79 Å². The molecule has 0 spiro atoms. The van der Waals surface area contributed by atoms with Crippen LogP contribution in [0.15, 0.2) is 11.8 Å². The van der Waals surface area contributed by atoms with E-state index in [1.807, 2.05) is 20.8 Å². The van der Waals surface area contributed by atoms with Gasteiger partial charge < -0.3 is 9.47 Å². The van der Waals surface area contributed by atoms with Gasteiger partial charge in [0.25, 0.3) is 0 Å². The van der Waals surface area contributed by atoms with Gasteiger partial charge in [-0.1, -0.05) is 0 Å². The molecule has 1 aliphatic heterocycles. The second-order valence-corrected chi connectivity index (χ2v) is 4.10. The molecule has 1 rings (SSSR count). The Morgan fingerprint density at radius 3 is 2.69 bits per heavy atom. The van der Waals surface area contributed by atoms with Crippen molar-refractivity contribution < 1.29 is 14.3 Å². The van der Waals surface area contributed by atoms with Crippen molar-refractivity contribution in [3.05, 3.63) is 11.8 Å². The van der Waals surface area contributed by atoms with E-state index in [0.29, 0.717) is 6.61 Å². The van der Waals surface area contributed by atoms with Gasteiger partial charge in [0.15, 0.2) is 0 Å². The highest BCUT2D eigenvalue weighted by Gasteiger charge is 2.16. The molecule has 0 aliphatic carbocycles. The Bertz CT molecular complexity index is 215. The number of rotatable bonds is 1. The van der Waals surface area contributed by atoms with E-state index in [9.17, 15) is 4.79 Å². The highest BCUT2D eigenvalue weighted by atomic mass is 16.6. The van der Waals surface area contributed by atoms with Crippen LogP contribution in [0.1, 0.15) is 33.6 Å². The molecule has 74 valence electrons. The standard InChI is InChI=1S/C10H16O3/c1-10(2,3)13-9(11)7-8-5-4-6-12-8/h7H,4-6H2,1-3H3/b8-7-. The topological polar surface area (TPSA) is 35.5 Å². The summed E-state index contributed by atoms with van der Waals surface area (Å²) < 4.78 is 10.3. The van der Waals surface area contributed by atoms with E-state index < -0.39 is 5.60 Å². The molecule has 0 radical (unpaired) electrons. The van der Waals surface area contributed by atoms with Gasteiger partial charge in [0.05, 0.1) is 12.7 Å². The summed E-state index contributed by atoms with van der Waals surface area (Å²) in [6.45, 7) is 6.26. The molecule has 0 amide bonds. The van der Waals surface area contributed by atoms with Gasteiger partial charge in [0, 0.05) is 6.42 Å². The lowest BCUT2D eigenvalue weighted by atomic mass is 10.2. The zero-order valence-electron chi connectivity index (χ0n) is 8.42. The van der Waals surface area contributed by atoms with Crippen LogP contribution in [0.3, 0.4) is 0 Å². The SMILES string of the molecule is CC(C)(C)OC(=O)/C=C1/CCCO1. The summed E-state index contributed by atoms with van der Waals surface area (Å²) in [5.41, 5.74) is -0.424. The van der Waals surface area contributed by atoms with Gasteiger partial charge in [-0.15, -0.1) is 0 Å². The highest BCUT2D eigenvalue weighted by Crippen LogP contribution is 2.16. The van der Waals surface area contributed by atoms with Crippen LogP contribution < -0.4 is 0 Å². The molecule has 0 aromatic carbocycles. The van der Waals surface area contributed by atoms with Crippen LogP contribution in [0.25, 0.3) is 0 Å². The number of allylic oxidation sites excluding steroid dienone is 1. The van der Waals surface area contributed by atoms with Gasteiger partial charge in [0.1, 0.15) is 11.4 Å². The predicted octanol–water partition coefficient (Wildman–Crippen LogP) is 2.02.